The van der Waals surface area contributed by atoms with E-state index in [4.69, 9.17) is 0 Å². The largest absolute Gasteiger partial charge is 0.390 e. The summed E-state index contributed by atoms with van der Waals surface area (Å²) in [5, 5.41) is 23.2. The zero-order valence-corrected chi connectivity index (χ0v) is 56.6. The minimum absolute atomic E-state index is 0.0945. The number of aliphatic hydroxyl groups excluding tert-OH is 1. The second-order valence-electron chi connectivity index (χ2n) is 26.1. The number of amides is 11. The molecule has 0 unspecified atom stereocenters. The Morgan fingerprint density at radius 2 is 0.837 bits per heavy atom. The highest BCUT2D eigenvalue weighted by Gasteiger charge is 2.45. The van der Waals surface area contributed by atoms with Gasteiger partial charge in [-0.15, -0.1) is 0 Å². The van der Waals surface area contributed by atoms with Crippen LogP contribution in [0.3, 0.4) is 0 Å². The molecule has 1 heterocycles. The molecule has 0 aliphatic carbocycles. The number of allylic oxidation sites excluding steroid dienone is 2. The van der Waals surface area contributed by atoms with Gasteiger partial charge in [0.1, 0.15) is 60.4 Å². The number of carbonyl (C=O) groups is 11. The average molecular weight is 1220 g/mol. The molecule has 12 atom stereocenters. The molecule has 23 heteroatoms. The van der Waals surface area contributed by atoms with Crippen molar-refractivity contribution in [3.8, 4) is 0 Å². The molecule has 1 rings (SSSR count). The second-order valence-corrected chi connectivity index (χ2v) is 26.1. The lowest BCUT2D eigenvalue weighted by Gasteiger charge is -2.41. The van der Waals surface area contributed by atoms with E-state index < -0.39 is 150 Å². The number of hydrogen-bond acceptors (Lipinski definition) is 12. The zero-order chi connectivity index (χ0) is 66.5. The lowest BCUT2D eigenvalue weighted by molar-refractivity contribution is -0.157. The van der Waals surface area contributed by atoms with Crippen molar-refractivity contribution in [2.75, 3.05) is 55.9 Å². The molecule has 1 saturated heterocycles. The van der Waals surface area contributed by atoms with Gasteiger partial charge in [-0.05, 0) is 101 Å². The number of likely N-dealkylation sites (N-methyl/N-ethyl adjacent to an activating group) is 7. The van der Waals surface area contributed by atoms with Gasteiger partial charge in [0, 0.05) is 49.3 Å². The van der Waals surface area contributed by atoms with Crippen molar-refractivity contribution in [1.29, 1.82) is 0 Å². The molecule has 1 fully saturated rings. The van der Waals surface area contributed by atoms with Crippen LogP contribution in [0.1, 0.15) is 169 Å². The number of nitrogens with one attached hydrogen (secondary N) is 4. The van der Waals surface area contributed by atoms with E-state index in [1.165, 1.54) is 87.7 Å². The molecule has 0 aromatic rings. The molecular formula is C63H113N11O12. The zero-order valence-electron chi connectivity index (χ0n) is 56.6. The van der Waals surface area contributed by atoms with Gasteiger partial charge >= 0.3 is 0 Å². The molecule has 0 bridgehead atoms. The highest BCUT2D eigenvalue weighted by atomic mass is 16.3. The summed E-state index contributed by atoms with van der Waals surface area (Å²) >= 11 is 0. The number of hydrogen-bond donors (Lipinski definition) is 5. The van der Waals surface area contributed by atoms with Crippen molar-refractivity contribution in [2.45, 2.75) is 235 Å². The van der Waals surface area contributed by atoms with Crippen LogP contribution in [0, 0.1) is 35.5 Å². The number of rotatable bonds is 17. The second kappa shape index (κ2) is 36.2. The summed E-state index contributed by atoms with van der Waals surface area (Å²) in [7, 11) is 9.97. The molecule has 23 nitrogen and oxygen atoms in total. The Labute approximate surface area is 515 Å². The van der Waals surface area contributed by atoms with E-state index in [1.807, 2.05) is 68.4 Å². The Hall–Kier alpha value is -6.13. The predicted molar refractivity (Wildman–Crippen MR) is 333 cm³/mol. The average Bonchev–Trinajstić information content (AvgIpc) is 1.39. The van der Waals surface area contributed by atoms with Gasteiger partial charge in [0.25, 0.3) is 0 Å². The molecule has 0 aromatic heterocycles. The van der Waals surface area contributed by atoms with Crippen molar-refractivity contribution < 1.29 is 57.8 Å². The quantitative estimate of drug-likeness (QED) is 0.130. The molecule has 0 aromatic carbocycles. The Kier molecular flexibility index (Phi) is 32.8. The third-order valence-electron chi connectivity index (χ3n) is 16.2. The molecule has 5 N–H and O–H groups in total. The van der Waals surface area contributed by atoms with Crippen LogP contribution in [-0.2, 0) is 52.7 Å². The maximum Gasteiger partial charge on any atom is 0.246 e. The fourth-order valence-electron chi connectivity index (χ4n) is 11.0. The van der Waals surface area contributed by atoms with E-state index in [-0.39, 0.29) is 62.2 Å². The summed E-state index contributed by atoms with van der Waals surface area (Å²) in [5.74, 6) is -9.07. The maximum atomic E-state index is 15.2. The van der Waals surface area contributed by atoms with E-state index in [0.29, 0.717) is 19.3 Å². The Morgan fingerprint density at radius 1 is 0.453 bits per heavy atom. The van der Waals surface area contributed by atoms with E-state index in [0.717, 1.165) is 9.80 Å². The van der Waals surface area contributed by atoms with Gasteiger partial charge in [0.2, 0.25) is 65.0 Å². The third kappa shape index (κ3) is 22.2. The fraction of sp³-hybridized carbons (Fsp3) is 0.794. The van der Waals surface area contributed by atoms with Crippen molar-refractivity contribution in [1.82, 2.24) is 55.6 Å². The molecule has 0 radical (unpaired) electrons. The summed E-state index contributed by atoms with van der Waals surface area (Å²) < 4.78 is 0. The minimum Gasteiger partial charge on any atom is -0.390 e. The summed E-state index contributed by atoms with van der Waals surface area (Å²) in [6.07, 6.45) is 4.15. The highest BCUT2D eigenvalue weighted by molar-refractivity contribution is 5.99. The monoisotopic (exact) mass is 1220 g/mol. The first-order valence-electron chi connectivity index (χ1n) is 31.2. The molecule has 11 amide bonds. The van der Waals surface area contributed by atoms with Gasteiger partial charge in [0.15, 0.2) is 0 Å². The Morgan fingerprint density at radius 3 is 1.29 bits per heavy atom. The SMILES string of the molecule is C/C=C/C[C@@H](C)[C@@H](O)[C@H]1C(=O)N[C@@H](CCC)C(=O)N(C)CC(=O)N(C)[C@@H](CC(C)C)C(=O)N[C@@H](CCC)C(=O)N(C)[C@@H](CC(C)C)C(=O)N[C@@H](C)C(=O)N[C@H](C)C(=O)N(C)[C@H](CC(C)C)C(=O)N(C)[C@@H](CC(C)C)C(=O)N(C)[C@@H](C(C)C)C(=O)N1C. The van der Waals surface area contributed by atoms with Gasteiger partial charge in [0.05, 0.1) is 12.6 Å². The highest BCUT2D eigenvalue weighted by Crippen LogP contribution is 2.26. The van der Waals surface area contributed by atoms with Gasteiger partial charge < -0.3 is 60.7 Å². The molecule has 1 aliphatic heterocycles. The van der Waals surface area contributed by atoms with Crippen LogP contribution in [0.25, 0.3) is 0 Å². The van der Waals surface area contributed by atoms with Crippen LogP contribution in [0.4, 0.5) is 0 Å². The lowest BCUT2D eigenvalue weighted by atomic mass is 9.91. The normalized spacial score (nSPS) is 26.7. The van der Waals surface area contributed by atoms with E-state index in [1.54, 1.807) is 40.7 Å². The van der Waals surface area contributed by atoms with Crippen molar-refractivity contribution in [3.05, 3.63) is 12.2 Å². The minimum atomic E-state index is -1.61. The summed E-state index contributed by atoms with van der Waals surface area (Å²) in [5.41, 5.74) is 0. The number of aliphatic hydroxyl groups is 1. The standard InChI is InChI=1S/C63H113N11O12/c1-24-27-30-41(14)53(76)52-57(80)67-44(28-25-2)59(82)68(17)35-50(75)69(18)46(31-36(4)5)56(79)66-45(29-26-3)60(83)70(19)47(32-37(6)7)55(78)64-42(15)54(77)65-43(16)58(81)71(20)48(33-38(8)9)61(84)72(21)49(34-39(10)11)62(85)73(22)51(40(12)13)63(86)74(52)23/h24,27,36-49,51-53,76H,25-26,28-35H2,1-23H3,(H,64,78)(H,65,77)(H,66,79)(H,67,80)/b27-24+/t41-,42+,43-,44+,45+,46+,47+,48-,49+,51+,52+,53-/m1/s1. The first-order chi connectivity index (χ1) is 39.8. The maximum absolute atomic E-state index is 15.2. The first kappa shape index (κ1) is 77.9. The van der Waals surface area contributed by atoms with Crippen LogP contribution in [-0.4, -0.2) is 227 Å². The van der Waals surface area contributed by atoms with Crippen molar-refractivity contribution >= 4 is 65.0 Å². The molecule has 492 valence electrons. The topological polar surface area (TPSA) is 279 Å². The molecule has 0 spiro atoms. The van der Waals surface area contributed by atoms with Crippen LogP contribution >= 0.6 is 0 Å². The van der Waals surface area contributed by atoms with Crippen LogP contribution in [0.15, 0.2) is 12.2 Å². The van der Waals surface area contributed by atoms with E-state index >= 15 is 9.59 Å². The van der Waals surface area contributed by atoms with Gasteiger partial charge in [-0.2, -0.15) is 0 Å². The molecule has 1 aliphatic rings. The summed E-state index contributed by atoms with van der Waals surface area (Å²) in [4.78, 5) is 169. The Balaban J connectivity index is 4.35. The van der Waals surface area contributed by atoms with E-state index in [9.17, 15) is 48.3 Å². The third-order valence-corrected chi connectivity index (χ3v) is 16.2. The first-order valence-corrected chi connectivity index (χ1v) is 31.2. The van der Waals surface area contributed by atoms with Crippen molar-refractivity contribution in [2.24, 2.45) is 35.5 Å². The summed E-state index contributed by atoms with van der Waals surface area (Å²) in [6, 6.07) is -12.2. The fourth-order valence-corrected chi connectivity index (χ4v) is 11.0. The number of nitrogens with zero attached hydrogens (tertiary/aromatic N) is 7. The number of carbonyl (C=O) groups excluding carboxylic acids is 11. The van der Waals surface area contributed by atoms with E-state index in [2.05, 4.69) is 21.3 Å². The lowest BCUT2D eigenvalue weighted by Crippen LogP contribution is -2.63. The predicted octanol–water partition coefficient (Wildman–Crippen LogP) is 3.80. The van der Waals surface area contributed by atoms with Gasteiger partial charge in [-0.3, -0.25) is 52.7 Å². The molecular weight excluding hydrogens is 1100 g/mol. The molecule has 86 heavy (non-hydrogen) atoms. The van der Waals surface area contributed by atoms with Crippen molar-refractivity contribution in [3.63, 3.8) is 0 Å². The van der Waals surface area contributed by atoms with Crippen LogP contribution in [0.2, 0.25) is 0 Å². The van der Waals surface area contributed by atoms with Gasteiger partial charge in [-0.1, -0.05) is 115 Å². The summed E-state index contributed by atoms with van der Waals surface area (Å²) in [6.45, 7) is 27.9. The smallest absolute Gasteiger partial charge is 0.246 e. The molecule has 0 saturated carbocycles. The van der Waals surface area contributed by atoms with Crippen LogP contribution in [0.5, 0.6) is 0 Å². The van der Waals surface area contributed by atoms with Crippen LogP contribution < -0.4 is 21.3 Å². The van der Waals surface area contributed by atoms with Gasteiger partial charge in [-0.25, -0.2) is 0 Å². The Bertz CT molecular complexity index is 2330.